The largest absolute Gasteiger partial charge is 0.493 e. The highest BCUT2D eigenvalue weighted by atomic mass is 35.5. The molecule has 1 aromatic heterocycles. The van der Waals surface area contributed by atoms with Crippen molar-refractivity contribution in [2.24, 2.45) is 0 Å². The van der Waals surface area contributed by atoms with Crippen molar-refractivity contribution in [3.05, 3.63) is 52.8 Å². The zero-order chi connectivity index (χ0) is 19.9. The van der Waals surface area contributed by atoms with E-state index in [0.29, 0.717) is 41.8 Å². The van der Waals surface area contributed by atoms with E-state index in [1.165, 1.54) is 6.07 Å². The standard InChI is InChI=1S/C20H25ClN4O3/c1-2-27-19-10-18(22)17(21)9-16(19)20(26)24-11-15-13-25(7-8-28-15)12-14-5-3-4-6-23-14/h3-6,9-10,15H,2,7-8,11-13,22H2,1H3,(H,24,26). The van der Waals surface area contributed by atoms with Gasteiger partial charge < -0.3 is 20.5 Å². The molecule has 1 saturated heterocycles. The van der Waals surface area contributed by atoms with Gasteiger partial charge in [0, 0.05) is 38.4 Å². The molecule has 0 bridgehead atoms. The first-order chi connectivity index (χ1) is 13.6. The Balaban J connectivity index is 1.57. The molecule has 1 aliphatic heterocycles. The molecule has 2 aromatic rings. The van der Waals surface area contributed by atoms with Gasteiger partial charge in [0.05, 0.1) is 41.3 Å². The van der Waals surface area contributed by atoms with Crippen molar-refractivity contribution in [1.82, 2.24) is 15.2 Å². The molecule has 3 N–H and O–H groups in total. The van der Waals surface area contributed by atoms with Gasteiger partial charge in [0.15, 0.2) is 0 Å². The Morgan fingerprint density at radius 1 is 1.46 bits per heavy atom. The average Bonchev–Trinajstić information content (AvgIpc) is 2.70. The lowest BCUT2D eigenvalue weighted by Gasteiger charge is -2.32. The highest BCUT2D eigenvalue weighted by Crippen LogP contribution is 2.29. The predicted molar refractivity (Wildman–Crippen MR) is 109 cm³/mol. The van der Waals surface area contributed by atoms with Crippen LogP contribution in [0.3, 0.4) is 0 Å². The fourth-order valence-corrected chi connectivity index (χ4v) is 3.26. The van der Waals surface area contributed by atoms with Crippen LogP contribution in [0.2, 0.25) is 5.02 Å². The molecule has 0 saturated carbocycles. The lowest BCUT2D eigenvalue weighted by atomic mass is 10.1. The molecule has 8 heteroatoms. The minimum atomic E-state index is -0.268. The molecule has 0 radical (unpaired) electrons. The predicted octanol–water partition coefficient (Wildman–Crippen LogP) is 2.35. The number of carbonyl (C=O) groups is 1. The number of hydrogen-bond acceptors (Lipinski definition) is 6. The van der Waals surface area contributed by atoms with Crippen LogP contribution < -0.4 is 15.8 Å². The lowest BCUT2D eigenvalue weighted by Crippen LogP contribution is -2.47. The van der Waals surface area contributed by atoms with Crippen molar-refractivity contribution in [2.45, 2.75) is 19.6 Å². The number of nitrogens with two attached hydrogens (primary N) is 1. The first-order valence-corrected chi connectivity index (χ1v) is 9.68. The maximum absolute atomic E-state index is 12.6. The number of morpholine rings is 1. The number of aromatic nitrogens is 1. The molecule has 1 atom stereocenters. The van der Waals surface area contributed by atoms with Gasteiger partial charge >= 0.3 is 0 Å². The van der Waals surface area contributed by atoms with Crippen LogP contribution >= 0.6 is 11.6 Å². The van der Waals surface area contributed by atoms with Crippen LogP contribution in [-0.4, -0.2) is 54.7 Å². The number of amides is 1. The van der Waals surface area contributed by atoms with Crippen LogP contribution in [0.1, 0.15) is 23.0 Å². The normalized spacial score (nSPS) is 17.3. The number of nitrogen functional groups attached to an aromatic ring is 1. The number of pyridine rings is 1. The van der Waals surface area contributed by atoms with Crippen molar-refractivity contribution in [1.29, 1.82) is 0 Å². The molecule has 1 aromatic carbocycles. The molecule has 3 rings (SSSR count). The molecular formula is C20H25ClN4O3. The first-order valence-electron chi connectivity index (χ1n) is 9.30. The van der Waals surface area contributed by atoms with E-state index in [4.69, 9.17) is 26.8 Å². The maximum Gasteiger partial charge on any atom is 0.255 e. The average molecular weight is 405 g/mol. The Morgan fingerprint density at radius 3 is 3.07 bits per heavy atom. The van der Waals surface area contributed by atoms with Crippen LogP contribution in [0.5, 0.6) is 5.75 Å². The second kappa shape index (κ2) is 9.73. The lowest BCUT2D eigenvalue weighted by molar-refractivity contribution is -0.0296. The Kier molecular flexibility index (Phi) is 7.08. The molecule has 0 aliphatic carbocycles. The van der Waals surface area contributed by atoms with Crippen molar-refractivity contribution >= 4 is 23.2 Å². The summed E-state index contributed by atoms with van der Waals surface area (Å²) in [7, 11) is 0. The van der Waals surface area contributed by atoms with Gasteiger partial charge in [0.2, 0.25) is 0 Å². The number of anilines is 1. The Labute approximate surface area is 169 Å². The van der Waals surface area contributed by atoms with E-state index in [-0.39, 0.29) is 12.0 Å². The summed E-state index contributed by atoms with van der Waals surface area (Å²) in [4.78, 5) is 19.3. The zero-order valence-electron chi connectivity index (χ0n) is 15.9. The van der Waals surface area contributed by atoms with Crippen LogP contribution in [0.4, 0.5) is 5.69 Å². The summed E-state index contributed by atoms with van der Waals surface area (Å²) >= 11 is 6.08. The summed E-state index contributed by atoms with van der Waals surface area (Å²) in [6.45, 7) is 5.60. The quantitative estimate of drug-likeness (QED) is 0.688. The molecular weight excluding hydrogens is 380 g/mol. The number of nitrogens with zero attached hydrogens (tertiary/aromatic N) is 2. The van der Waals surface area contributed by atoms with Gasteiger partial charge in [-0.3, -0.25) is 14.7 Å². The van der Waals surface area contributed by atoms with Crippen molar-refractivity contribution in [3.8, 4) is 5.75 Å². The van der Waals surface area contributed by atoms with Gasteiger partial charge in [-0.25, -0.2) is 0 Å². The SMILES string of the molecule is CCOc1cc(N)c(Cl)cc1C(=O)NCC1CN(Cc2ccccn2)CCO1. The number of nitrogens with one attached hydrogen (secondary N) is 1. The third kappa shape index (κ3) is 5.34. The van der Waals surface area contributed by atoms with Gasteiger partial charge in [-0.2, -0.15) is 0 Å². The second-order valence-electron chi connectivity index (χ2n) is 6.56. The van der Waals surface area contributed by atoms with Crippen LogP contribution in [0, 0.1) is 0 Å². The highest BCUT2D eigenvalue weighted by Gasteiger charge is 2.22. The fourth-order valence-electron chi connectivity index (χ4n) is 3.09. The van der Waals surface area contributed by atoms with Crippen LogP contribution in [0.25, 0.3) is 0 Å². The number of benzene rings is 1. The number of ether oxygens (including phenoxy) is 2. The Hall–Kier alpha value is -2.35. The summed E-state index contributed by atoms with van der Waals surface area (Å²) in [5, 5.41) is 3.24. The number of halogens is 1. The molecule has 150 valence electrons. The molecule has 1 unspecified atom stereocenters. The first kappa shape index (κ1) is 20.4. The van der Waals surface area contributed by atoms with Crippen molar-refractivity contribution in [2.75, 3.05) is 38.6 Å². The monoisotopic (exact) mass is 404 g/mol. The van der Waals surface area contributed by atoms with Gasteiger partial charge in [-0.15, -0.1) is 0 Å². The Morgan fingerprint density at radius 2 is 2.32 bits per heavy atom. The van der Waals surface area contributed by atoms with Gasteiger partial charge in [0.1, 0.15) is 5.75 Å². The van der Waals surface area contributed by atoms with E-state index >= 15 is 0 Å². The second-order valence-corrected chi connectivity index (χ2v) is 6.97. The molecule has 1 aliphatic rings. The molecule has 1 fully saturated rings. The van der Waals surface area contributed by atoms with E-state index in [1.54, 1.807) is 12.3 Å². The minimum Gasteiger partial charge on any atom is -0.493 e. The van der Waals surface area contributed by atoms with Gasteiger partial charge in [-0.05, 0) is 25.1 Å². The van der Waals surface area contributed by atoms with Crippen molar-refractivity contribution < 1.29 is 14.3 Å². The summed E-state index contributed by atoms with van der Waals surface area (Å²) in [6, 6.07) is 9.00. The molecule has 2 heterocycles. The number of rotatable bonds is 7. The molecule has 1 amide bonds. The van der Waals surface area contributed by atoms with E-state index < -0.39 is 0 Å². The fraction of sp³-hybridized carbons (Fsp3) is 0.400. The van der Waals surface area contributed by atoms with Crippen LogP contribution in [-0.2, 0) is 11.3 Å². The third-order valence-corrected chi connectivity index (χ3v) is 4.80. The number of carbonyl (C=O) groups excluding carboxylic acids is 1. The van der Waals surface area contributed by atoms with Gasteiger partial charge in [0.25, 0.3) is 5.91 Å². The summed E-state index contributed by atoms with van der Waals surface area (Å²) in [5.41, 5.74) is 7.57. The third-order valence-electron chi connectivity index (χ3n) is 4.47. The molecule has 0 spiro atoms. The van der Waals surface area contributed by atoms with E-state index in [0.717, 1.165) is 25.3 Å². The Bertz CT molecular complexity index is 804. The number of hydrogen-bond donors (Lipinski definition) is 2. The van der Waals surface area contributed by atoms with E-state index in [9.17, 15) is 4.79 Å². The summed E-state index contributed by atoms with van der Waals surface area (Å²) < 4.78 is 11.3. The van der Waals surface area contributed by atoms with E-state index in [2.05, 4.69) is 15.2 Å². The summed E-state index contributed by atoms with van der Waals surface area (Å²) in [6.07, 6.45) is 1.70. The summed E-state index contributed by atoms with van der Waals surface area (Å²) in [5.74, 6) is 0.152. The highest BCUT2D eigenvalue weighted by molar-refractivity contribution is 6.33. The smallest absolute Gasteiger partial charge is 0.255 e. The van der Waals surface area contributed by atoms with Crippen molar-refractivity contribution in [3.63, 3.8) is 0 Å². The maximum atomic E-state index is 12.6. The van der Waals surface area contributed by atoms with Crippen LogP contribution in [0.15, 0.2) is 36.5 Å². The van der Waals surface area contributed by atoms with Gasteiger partial charge in [-0.1, -0.05) is 17.7 Å². The van der Waals surface area contributed by atoms with E-state index in [1.807, 2.05) is 25.1 Å². The zero-order valence-corrected chi connectivity index (χ0v) is 16.6. The minimum absolute atomic E-state index is 0.0961. The molecule has 28 heavy (non-hydrogen) atoms. The molecule has 7 nitrogen and oxygen atoms in total. The topological polar surface area (TPSA) is 89.7 Å².